The zero-order valence-electron chi connectivity index (χ0n) is 17.9. The third kappa shape index (κ3) is 7.36. The van der Waals surface area contributed by atoms with Crippen molar-refractivity contribution in [2.75, 3.05) is 26.3 Å². The highest BCUT2D eigenvalue weighted by Crippen LogP contribution is 2.22. The van der Waals surface area contributed by atoms with E-state index in [4.69, 9.17) is 9.15 Å². The first-order valence-corrected chi connectivity index (χ1v) is 11.0. The SMILES string of the molecule is OCc1cc(C(O)CNCCCCCCOCCc2cc3ccccc3o2)ccc1O. The predicted molar refractivity (Wildman–Crippen MR) is 121 cm³/mol. The van der Waals surface area contributed by atoms with Crippen LogP contribution in [0.3, 0.4) is 0 Å². The number of hydrogen-bond acceptors (Lipinski definition) is 6. The van der Waals surface area contributed by atoms with Crippen molar-refractivity contribution in [3.63, 3.8) is 0 Å². The molecule has 0 saturated carbocycles. The standard InChI is InChI=1S/C25H33NO5/c27-18-21-15-19(9-10-23(21)28)24(29)17-26-12-5-1-2-6-13-30-14-11-22-16-20-7-3-4-8-25(20)31-22/h3-4,7-10,15-16,24,26-29H,1-2,5-6,11-14,17-18H2. The van der Waals surface area contributed by atoms with Crippen LogP contribution in [0.25, 0.3) is 11.0 Å². The van der Waals surface area contributed by atoms with Gasteiger partial charge >= 0.3 is 0 Å². The van der Waals surface area contributed by atoms with Gasteiger partial charge in [-0.25, -0.2) is 0 Å². The molecule has 0 amide bonds. The summed E-state index contributed by atoms with van der Waals surface area (Å²) in [4.78, 5) is 0. The van der Waals surface area contributed by atoms with E-state index in [1.807, 2.05) is 18.2 Å². The fourth-order valence-electron chi connectivity index (χ4n) is 3.54. The number of fused-ring (bicyclic) bond motifs is 1. The minimum atomic E-state index is -0.661. The lowest BCUT2D eigenvalue weighted by molar-refractivity contribution is 0.129. The van der Waals surface area contributed by atoms with Gasteiger partial charge in [0.1, 0.15) is 17.1 Å². The molecule has 0 fully saturated rings. The molecular weight excluding hydrogens is 394 g/mol. The molecule has 0 aliphatic rings. The van der Waals surface area contributed by atoms with Gasteiger partial charge in [-0.05, 0) is 49.2 Å². The maximum atomic E-state index is 10.2. The number of ether oxygens (including phenoxy) is 1. The van der Waals surface area contributed by atoms with Crippen molar-refractivity contribution in [2.24, 2.45) is 0 Å². The fourth-order valence-corrected chi connectivity index (χ4v) is 3.54. The Morgan fingerprint density at radius 1 is 0.968 bits per heavy atom. The van der Waals surface area contributed by atoms with Gasteiger partial charge in [-0.2, -0.15) is 0 Å². The van der Waals surface area contributed by atoms with Crippen LogP contribution < -0.4 is 5.32 Å². The first kappa shape index (κ1) is 23.3. The van der Waals surface area contributed by atoms with Crippen LogP contribution in [-0.2, 0) is 17.8 Å². The summed E-state index contributed by atoms with van der Waals surface area (Å²) in [5.74, 6) is 1.01. The van der Waals surface area contributed by atoms with Crippen molar-refractivity contribution < 1.29 is 24.5 Å². The molecule has 3 rings (SSSR count). The molecule has 1 unspecified atom stereocenters. The molecule has 0 radical (unpaired) electrons. The molecule has 4 N–H and O–H groups in total. The van der Waals surface area contributed by atoms with Gasteiger partial charge < -0.3 is 29.8 Å². The number of aliphatic hydroxyl groups excluding tert-OH is 2. The van der Waals surface area contributed by atoms with E-state index in [-0.39, 0.29) is 12.4 Å². The molecular formula is C25H33NO5. The lowest BCUT2D eigenvalue weighted by Crippen LogP contribution is -2.22. The smallest absolute Gasteiger partial charge is 0.134 e. The zero-order chi connectivity index (χ0) is 21.9. The number of hydrogen-bond donors (Lipinski definition) is 4. The van der Waals surface area contributed by atoms with Crippen LogP contribution in [0.15, 0.2) is 52.9 Å². The average Bonchev–Trinajstić information content (AvgIpc) is 3.20. The topological polar surface area (TPSA) is 95.1 Å². The number of para-hydroxylation sites is 1. The number of rotatable bonds is 14. The summed E-state index contributed by atoms with van der Waals surface area (Å²) in [6.45, 7) is 2.48. The van der Waals surface area contributed by atoms with Crippen LogP contribution >= 0.6 is 0 Å². The van der Waals surface area contributed by atoms with Crippen LogP contribution in [0.1, 0.15) is 48.7 Å². The van der Waals surface area contributed by atoms with E-state index in [0.717, 1.165) is 62.0 Å². The number of furan rings is 1. The largest absolute Gasteiger partial charge is 0.508 e. The van der Waals surface area contributed by atoms with E-state index in [9.17, 15) is 15.3 Å². The number of benzene rings is 2. The van der Waals surface area contributed by atoms with Gasteiger partial charge in [-0.15, -0.1) is 0 Å². The van der Waals surface area contributed by atoms with Crippen LogP contribution in [0.5, 0.6) is 5.75 Å². The number of aliphatic hydroxyl groups is 2. The Labute approximate surface area is 183 Å². The summed E-state index contributed by atoms with van der Waals surface area (Å²) in [6, 6.07) is 14.9. The Hall–Kier alpha value is -2.38. The molecule has 6 heteroatoms. The van der Waals surface area contributed by atoms with Gasteiger partial charge in [-0.1, -0.05) is 37.1 Å². The fraction of sp³-hybridized carbons (Fsp3) is 0.440. The molecule has 1 atom stereocenters. The minimum Gasteiger partial charge on any atom is -0.508 e. The molecule has 2 aromatic carbocycles. The molecule has 0 aliphatic heterocycles. The van der Waals surface area contributed by atoms with Gasteiger partial charge in [0.15, 0.2) is 0 Å². The third-order valence-electron chi connectivity index (χ3n) is 5.36. The summed E-state index contributed by atoms with van der Waals surface area (Å²) in [5, 5.41) is 33.4. The highest BCUT2D eigenvalue weighted by molar-refractivity contribution is 5.77. The molecule has 3 aromatic rings. The lowest BCUT2D eigenvalue weighted by Gasteiger charge is -2.14. The van der Waals surface area contributed by atoms with E-state index in [1.54, 1.807) is 12.1 Å². The summed E-state index contributed by atoms with van der Waals surface area (Å²) >= 11 is 0. The van der Waals surface area contributed by atoms with Crippen molar-refractivity contribution in [3.8, 4) is 5.75 Å². The molecule has 1 aromatic heterocycles. The predicted octanol–water partition coefficient (Wildman–Crippen LogP) is 4.07. The van der Waals surface area contributed by atoms with E-state index in [2.05, 4.69) is 17.4 Å². The highest BCUT2D eigenvalue weighted by Gasteiger charge is 2.10. The number of nitrogens with one attached hydrogen (secondary N) is 1. The maximum Gasteiger partial charge on any atom is 0.134 e. The molecule has 6 nitrogen and oxygen atoms in total. The zero-order valence-corrected chi connectivity index (χ0v) is 17.9. The second-order valence-corrected chi connectivity index (χ2v) is 7.79. The molecule has 0 spiro atoms. The number of aromatic hydroxyl groups is 1. The van der Waals surface area contributed by atoms with E-state index in [0.29, 0.717) is 24.3 Å². The van der Waals surface area contributed by atoms with Crippen LogP contribution in [0.2, 0.25) is 0 Å². The van der Waals surface area contributed by atoms with Gasteiger partial charge in [0.25, 0.3) is 0 Å². The average molecular weight is 428 g/mol. The second kappa shape index (κ2) is 12.5. The van der Waals surface area contributed by atoms with Crippen molar-refractivity contribution in [1.82, 2.24) is 5.32 Å². The normalized spacial score (nSPS) is 12.5. The number of phenols is 1. The molecule has 0 saturated heterocycles. The molecule has 168 valence electrons. The maximum absolute atomic E-state index is 10.2. The van der Waals surface area contributed by atoms with E-state index >= 15 is 0 Å². The van der Waals surface area contributed by atoms with Crippen LogP contribution in [0, 0.1) is 0 Å². The summed E-state index contributed by atoms with van der Waals surface area (Å²) in [7, 11) is 0. The van der Waals surface area contributed by atoms with Gasteiger partial charge in [-0.3, -0.25) is 0 Å². The molecule has 0 aliphatic carbocycles. The molecule has 1 heterocycles. The summed E-state index contributed by atoms with van der Waals surface area (Å²) in [5.41, 5.74) is 2.04. The van der Waals surface area contributed by atoms with Crippen molar-refractivity contribution >= 4 is 11.0 Å². The van der Waals surface area contributed by atoms with Crippen molar-refractivity contribution in [3.05, 3.63) is 65.4 Å². The third-order valence-corrected chi connectivity index (χ3v) is 5.36. The Kier molecular flexibility index (Phi) is 9.37. The monoisotopic (exact) mass is 427 g/mol. The Morgan fingerprint density at radius 3 is 2.65 bits per heavy atom. The van der Waals surface area contributed by atoms with Gasteiger partial charge in [0, 0.05) is 30.5 Å². The summed E-state index contributed by atoms with van der Waals surface area (Å²) in [6.07, 6.45) is 4.45. The molecule has 0 bridgehead atoms. The quantitative estimate of drug-likeness (QED) is 0.290. The van der Waals surface area contributed by atoms with Crippen molar-refractivity contribution in [1.29, 1.82) is 0 Å². The highest BCUT2D eigenvalue weighted by atomic mass is 16.5. The first-order valence-electron chi connectivity index (χ1n) is 11.0. The first-order chi connectivity index (χ1) is 15.2. The molecule has 31 heavy (non-hydrogen) atoms. The van der Waals surface area contributed by atoms with Crippen LogP contribution in [0.4, 0.5) is 0 Å². The number of unbranched alkanes of at least 4 members (excludes halogenated alkanes) is 3. The van der Waals surface area contributed by atoms with Gasteiger partial charge in [0.05, 0.1) is 19.3 Å². The minimum absolute atomic E-state index is 0.0462. The Bertz CT molecular complexity index is 890. The van der Waals surface area contributed by atoms with E-state index < -0.39 is 6.10 Å². The second-order valence-electron chi connectivity index (χ2n) is 7.79. The Balaban J connectivity index is 1.17. The van der Waals surface area contributed by atoms with E-state index in [1.165, 1.54) is 6.07 Å². The Morgan fingerprint density at radius 2 is 1.81 bits per heavy atom. The van der Waals surface area contributed by atoms with Gasteiger partial charge in [0.2, 0.25) is 0 Å². The lowest BCUT2D eigenvalue weighted by atomic mass is 10.1. The van der Waals surface area contributed by atoms with Crippen molar-refractivity contribution in [2.45, 2.75) is 44.8 Å². The van der Waals surface area contributed by atoms with Crippen LogP contribution in [-0.4, -0.2) is 41.6 Å². The summed E-state index contributed by atoms with van der Waals surface area (Å²) < 4.78 is 11.5.